The van der Waals surface area contributed by atoms with Crippen LogP contribution >= 0.6 is 11.6 Å². The van der Waals surface area contributed by atoms with Crippen LogP contribution in [0.4, 0.5) is 11.5 Å². The molecule has 3 aromatic rings. The Balaban J connectivity index is 1.62. The number of halogens is 1. The molecule has 0 fully saturated rings. The molecule has 0 atom stereocenters. The van der Waals surface area contributed by atoms with Gasteiger partial charge in [-0.05, 0) is 54.4 Å². The zero-order chi connectivity index (χ0) is 17.6. The first-order valence-electron chi connectivity index (χ1n) is 7.66. The molecule has 126 valence electrons. The van der Waals surface area contributed by atoms with Crippen LogP contribution in [0.3, 0.4) is 0 Å². The first-order valence-corrected chi connectivity index (χ1v) is 8.03. The molecule has 0 radical (unpaired) electrons. The van der Waals surface area contributed by atoms with Crippen molar-refractivity contribution in [1.29, 1.82) is 0 Å². The lowest BCUT2D eigenvalue weighted by Gasteiger charge is -2.09. The van der Waals surface area contributed by atoms with Gasteiger partial charge in [-0.1, -0.05) is 17.7 Å². The summed E-state index contributed by atoms with van der Waals surface area (Å²) < 4.78 is 0. The largest absolute Gasteiger partial charge is 0.347 e. The Bertz CT molecular complexity index is 868. The minimum Gasteiger partial charge on any atom is -0.347 e. The third kappa shape index (κ3) is 4.51. The van der Waals surface area contributed by atoms with E-state index in [1.165, 1.54) is 0 Å². The summed E-state index contributed by atoms with van der Waals surface area (Å²) in [6.45, 7) is 2.33. The highest BCUT2D eigenvalue weighted by molar-refractivity contribution is 6.30. The lowest BCUT2D eigenvalue weighted by molar-refractivity contribution is 0.0945. The Labute approximate surface area is 150 Å². The van der Waals surface area contributed by atoms with Crippen LogP contribution in [0.25, 0.3) is 0 Å². The van der Waals surface area contributed by atoms with Crippen molar-refractivity contribution in [2.45, 2.75) is 13.5 Å². The number of carbonyl (C=O) groups is 1. The number of pyridine rings is 1. The van der Waals surface area contributed by atoms with Crippen molar-refractivity contribution >= 4 is 29.0 Å². The van der Waals surface area contributed by atoms with Gasteiger partial charge in [0.1, 0.15) is 0 Å². The highest BCUT2D eigenvalue weighted by Crippen LogP contribution is 2.22. The smallest absolute Gasteiger partial charge is 0.272 e. The Hall–Kier alpha value is -2.99. The first-order chi connectivity index (χ1) is 12.1. The fraction of sp³-hybridized carbons (Fsp3) is 0.111. The highest BCUT2D eigenvalue weighted by Gasteiger charge is 2.08. The quantitative estimate of drug-likeness (QED) is 0.733. The molecular weight excluding hydrogens is 338 g/mol. The number of hydrogen-bond donors (Lipinski definition) is 2. The van der Waals surface area contributed by atoms with E-state index in [2.05, 4.69) is 25.8 Å². The van der Waals surface area contributed by atoms with Crippen LogP contribution in [0, 0.1) is 6.92 Å². The lowest BCUT2D eigenvalue weighted by atomic mass is 10.2. The topological polar surface area (TPSA) is 79.8 Å². The number of nitrogens with zero attached hydrogens (tertiary/aromatic N) is 3. The molecule has 1 amide bonds. The van der Waals surface area contributed by atoms with Crippen LogP contribution in [-0.2, 0) is 6.54 Å². The van der Waals surface area contributed by atoms with Crippen molar-refractivity contribution in [2.24, 2.45) is 0 Å². The average molecular weight is 354 g/mol. The number of carbonyl (C=O) groups excluding carboxylic acids is 1. The van der Waals surface area contributed by atoms with E-state index in [0.717, 1.165) is 16.8 Å². The van der Waals surface area contributed by atoms with Crippen molar-refractivity contribution in [3.63, 3.8) is 0 Å². The minimum atomic E-state index is -0.287. The van der Waals surface area contributed by atoms with Gasteiger partial charge in [0.25, 0.3) is 5.91 Å². The first kappa shape index (κ1) is 16.9. The monoisotopic (exact) mass is 353 g/mol. The Morgan fingerprint density at radius 1 is 1.16 bits per heavy atom. The van der Waals surface area contributed by atoms with E-state index in [0.29, 0.717) is 17.4 Å². The number of rotatable bonds is 5. The van der Waals surface area contributed by atoms with Crippen LogP contribution in [0.1, 0.15) is 21.6 Å². The van der Waals surface area contributed by atoms with E-state index in [1.807, 2.05) is 31.2 Å². The SMILES string of the molecule is Cc1cc(Cl)ccc1Nc1ccc(C(=O)NCc2cccnc2)nn1. The number of aromatic nitrogens is 3. The summed E-state index contributed by atoms with van der Waals surface area (Å²) in [5, 5.41) is 14.6. The second-order valence-electron chi connectivity index (χ2n) is 5.43. The van der Waals surface area contributed by atoms with E-state index in [1.54, 1.807) is 30.6 Å². The predicted molar refractivity (Wildman–Crippen MR) is 96.9 cm³/mol. The molecule has 0 aliphatic rings. The van der Waals surface area contributed by atoms with E-state index < -0.39 is 0 Å². The molecule has 25 heavy (non-hydrogen) atoms. The molecule has 0 unspecified atom stereocenters. The van der Waals surface area contributed by atoms with E-state index in [9.17, 15) is 4.79 Å². The minimum absolute atomic E-state index is 0.252. The van der Waals surface area contributed by atoms with Gasteiger partial charge in [0.15, 0.2) is 11.5 Å². The number of amides is 1. The summed E-state index contributed by atoms with van der Waals surface area (Å²) in [7, 11) is 0. The number of benzene rings is 1. The Morgan fingerprint density at radius 3 is 2.72 bits per heavy atom. The van der Waals surface area contributed by atoms with Gasteiger partial charge in [-0.3, -0.25) is 9.78 Å². The summed E-state index contributed by atoms with van der Waals surface area (Å²) in [5.41, 5.74) is 3.04. The molecule has 0 saturated carbocycles. The van der Waals surface area contributed by atoms with Gasteiger partial charge >= 0.3 is 0 Å². The lowest BCUT2D eigenvalue weighted by Crippen LogP contribution is -2.24. The van der Waals surface area contributed by atoms with E-state index in [4.69, 9.17) is 11.6 Å². The summed E-state index contributed by atoms with van der Waals surface area (Å²) >= 11 is 5.95. The number of hydrogen-bond acceptors (Lipinski definition) is 5. The zero-order valence-electron chi connectivity index (χ0n) is 13.5. The van der Waals surface area contributed by atoms with Crippen LogP contribution < -0.4 is 10.6 Å². The van der Waals surface area contributed by atoms with Gasteiger partial charge < -0.3 is 10.6 Å². The molecule has 2 N–H and O–H groups in total. The van der Waals surface area contributed by atoms with Gasteiger partial charge in [0.2, 0.25) is 0 Å². The third-order valence-corrected chi connectivity index (χ3v) is 3.76. The van der Waals surface area contributed by atoms with Gasteiger partial charge in [0.05, 0.1) is 0 Å². The molecule has 0 aliphatic carbocycles. The summed E-state index contributed by atoms with van der Waals surface area (Å²) in [5.74, 6) is 0.264. The Kier molecular flexibility index (Phi) is 5.20. The molecule has 1 aromatic carbocycles. The fourth-order valence-corrected chi connectivity index (χ4v) is 2.43. The fourth-order valence-electron chi connectivity index (χ4n) is 2.20. The van der Waals surface area contributed by atoms with Crippen LogP contribution in [0.5, 0.6) is 0 Å². The van der Waals surface area contributed by atoms with Crippen LogP contribution in [0.2, 0.25) is 5.02 Å². The third-order valence-electron chi connectivity index (χ3n) is 3.52. The predicted octanol–water partition coefficient (Wildman–Crippen LogP) is 3.51. The van der Waals surface area contributed by atoms with Crippen molar-refractivity contribution in [3.8, 4) is 0 Å². The normalized spacial score (nSPS) is 10.3. The van der Waals surface area contributed by atoms with Gasteiger partial charge in [0, 0.05) is 29.6 Å². The molecule has 3 rings (SSSR count). The second kappa shape index (κ2) is 7.72. The molecule has 0 spiro atoms. The van der Waals surface area contributed by atoms with Crippen LogP contribution in [0.15, 0.2) is 54.9 Å². The summed E-state index contributed by atoms with van der Waals surface area (Å²) in [4.78, 5) is 16.1. The molecule has 2 aromatic heterocycles. The van der Waals surface area contributed by atoms with Gasteiger partial charge in [-0.2, -0.15) is 0 Å². The van der Waals surface area contributed by atoms with Crippen molar-refractivity contribution < 1.29 is 4.79 Å². The summed E-state index contributed by atoms with van der Waals surface area (Å²) in [6, 6.07) is 12.6. The average Bonchev–Trinajstić information content (AvgIpc) is 2.63. The van der Waals surface area contributed by atoms with Crippen molar-refractivity contribution in [3.05, 3.63) is 76.7 Å². The molecule has 7 heteroatoms. The van der Waals surface area contributed by atoms with Crippen LogP contribution in [-0.4, -0.2) is 21.1 Å². The van der Waals surface area contributed by atoms with Crippen molar-refractivity contribution in [1.82, 2.24) is 20.5 Å². The highest BCUT2D eigenvalue weighted by atomic mass is 35.5. The van der Waals surface area contributed by atoms with Gasteiger partial charge in [-0.25, -0.2) is 0 Å². The van der Waals surface area contributed by atoms with E-state index in [-0.39, 0.29) is 11.6 Å². The molecule has 2 heterocycles. The zero-order valence-corrected chi connectivity index (χ0v) is 14.3. The second-order valence-corrected chi connectivity index (χ2v) is 5.87. The summed E-state index contributed by atoms with van der Waals surface area (Å²) in [6.07, 6.45) is 3.39. The Morgan fingerprint density at radius 2 is 2.04 bits per heavy atom. The number of anilines is 2. The van der Waals surface area contributed by atoms with E-state index >= 15 is 0 Å². The standard InChI is InChI=1S/C18H16ClN5O/c1-12-9-14(19)4-5-15(12)22-17-7-6-16(23-24-17)18(25)21-11-13-3-2-8-20-10-13/h2-10H,11H2,1H3,(H,21,25)(H,22,24). The maximum Gasteiger partial charge on any atom is 0.272 e. The molecule has 0 saturated heterocycles. The number of nitrogens with one attached hydrogen (secondary N) is 2. The molecular formula is C18H16ClN5O. The number of aryl methyl sites for hydroxylation is 1. The maximum absolute atomic E-state index is 12.1. The van der Waals surface area contributed by atoms with Gasteiger partial charge in [-0.15, -0.1) is 10.2 Å². The molecule has 0 aliphatic heterocycles. The molecule has 6 nitrogen and oxygen atoms in total. The van der Waals surface area contributed by atoms with Crippen molar-refractivity contribution in [2.75, 3.05) is 5.32 Å². The maximum atomic E-state index is 12.1. The molecule has 0 bridgehead atoms.